The molecule has 1 N–H and O–H groups in total. The third-order valence-electron chi connectivity index (χ3n) is 4.11. The summed E-state index contributed by atoms with van der Waals surface area (Å²) in [5.41, 5.74) is -0.628. The summed E-state index contributed by atoms with van der Waals surface area (Å²) >= 11 is 6.10. The number of carbonyl (C=O) groups excluding carboxylic acids is 1. The van der Waals surface area contributed by atoms with Gasteiger partial charge in [-0.3, -0.25) is 4.68 Å². The molecule has 0 aliphatic rings. The van der Waals surface area contributed by atoms with Gasteiger partial charge < -0.3 is 10.1 Å². The molecule has 0 bridgehead atoms. The van der Waals surface area contributed by atoms with Crippen LogP contribution < -0.4 is 5.32 Å². The third kappa shape index (κ3) is 3.90. The van der Waals surface area contributed by atoms with Gasteiger partial charge in [0.05, 0.1) is 11.7 Å². The number of hydrogen-bond donors (Lipinski definition) is 1. The predicted molar refractivity (Wildman–Crippen MR) is 106 cm³/mol. The molecule has 0 saturated carbocycles. The monoisotopic (exact) mass is 389 g/mol. The van der Waals surface area contributed by atoms with Crippen LogP contribution in [0.2, 0.25) is 5.15 Å². The van der Waals surface area contributed by atoms with E-state index >= 15 is 0 Å². The fourth-order valence-corrected chi connectivity index (χ4v) is 3.06. The van der Waals surface area contributed by atoms with Crippen molar-refractivity contribution in [2.45, 2.75) is 38.8 Å². The Kier molecular flexibility index (Phi) is 3.92. The number of rotatable bonds is 3. The maximum atomic E-state index is 12.7. The maximum absolute atomic E-state index is 12.7. The molecule has 0 aliphatic heterocycles. The molecule has 0 aliphatic carbocycles. The van der Waals surface area contributed by atoms with Gasteiger partial charge in [0.15, 0.2) is 0 Å². The predicted octanol–water partition coefficient (Wildman–Crippen LogP) is 4.41. The lowest BCUT2D eigenvalue weighted by Crippen LogP contribution is -2.47. The normalized spacial score (nSPS) is 16.1. The number of nitrogens with zero attached hydrogens (tertiary/aromatic N) is 3. The van der Waals surface area contributed by atoms with Gasteiger partial charge in [-0.05, 0) is 39.3 Å². The van der Waals surface area contributed by atoms with Crippen LogP contribution in [0.5, 0.6) is 0 Å². The summed E-state index contributed by atoms with van der Waals surface area (Å²) in [5.74, 6) is 0. The van der Waals surface area contributed by atoms with Crippen molar-refractivity contribution in [1.29, 1.82) is 0 Å². The smallest absolute Gasteiger partial charge is 0.408 e. The molecule has 1 unspecified atom stereocenters. The number of amides is 1. The van der Waals surface area contributed by atoms with Crippen LogP contribution in [0.4, 0.5) is 4.79 Å². The molecule has 7 heteroatoms. The minimum absolute atomic E-state index is 0.182. The van der Waals surface area contributed by atoms with E-state index in [1.165, 1.54) is 6.20 Å². The Morgan fingerprint density at radius 2 is 1.96 bits per heavy atom. The zero-order valence-corrected chi connectivity index (χ0v) is 16.3. The summed E-state index contributed by atoms with van der Waals surface area (Å²) in [7, 11) is 0. The van der Waals surface area contributed by atoms with E-state index in [2.05, 4.69) is 15.4 Å². The minimum Gasteiger partial charge on any atom is -0.444 e. The number of ether oxygens (including phenoxy) is 1. The number of alkyl carbamates (subject to hydrolysis) is 1. The summed E-state index contributed by atoms with van der Waals surface area (Å²) in [4.78, 5) is 16.7. The van der Waals surface area contributed by atoms with Gasteiger partial charge >= 0.3 is 6.09 Å². The van der Waals surface area contributed by atoms with Gasteiger partial charge in [-0.15, -0.1) is 0 Å². The molecule has 1 aromatic carbocycles. The molecule has 142 valence electrons. The van der Waals surface area contributed by atoms with Crippen molar-refractivity contribution >= 4 is 28.6 Å². The van der Waals surface area contributed by atoms with Crippen LogP contribution in [0.1, 0.15) is 43.1 Å². The van der Waals surface area contributed by atoms with Crippen LogP contribution >= 0.6 is 11.6 Å². The first-order chi connectivity index (χ1) is 13.8. The van der Waals surface area contributed by atoms with Crippen molar-refractivity contribution < 1.29 is 13.6 Å². The number of benzene rings is 1. The number of pyridine rings is 1. The summed E-state index contributed by atoms with van der Waals surface area (Å²) in [6, 6.07) is 10.7. The fourth-order valence-electron chi connectivity index (χ4n) is 2.91. The van der Waals surface area contributed by atoms with Gasteiger partial charge in [0.2, 0.25) is 0 Å². The number of carbonyl (C=O) groups is 1. The molecule has 0 fully saturated rings. The molecule has 27 heavy (non-hydrogen) atoms. The summed E-state index contributed by atoms with van der Waals surface area (Å²) in [6.07, 6.45) is 0.699. The number of halogens is 1. The molecule has 1 atom stereocenters. The Morgan fingerprint density at radius 1 is 1.26 bits per heavy atom. The molecule has 1 amide bonds. The van der Waals surface area contributed by atoms with Crippen LogP contribution in [0.25, 0.3) is 10.9 Å². The summed E-state index contributed by atoms with van der Waals surface area (Å²) < 4.78 is 29.9. The van der Waals surface area contributed by atoms with Crippen molar-refractivity contribution in [1.82, 2.24) is 20.1 Å². The first-order valence-electron chi connectivity index (χ1n) is 9.93. The quantitative estimate of drug-likeness (QED) is 0.673. The van der Waals surface area contributed by atoms with Crippen molar-refractivity contribution in [3.05, 3.63) is 59.0 Å². The highest BCUT2D eigenvalue weighted by Crippen LogP contribution is 2.34. The van der Waals surface area contributed by atoms with Crippen molar-refractivity contribution in [3.8, 4) is 0 Å². The molecule has 2 aromatic heterocycles. The molecular weight excluding hydrogens is 364 g/mol. The number of aromatic nitrogens is 3. The van der Waals surface area contributed by atoms with Gasteiger partial charge in [-0.25, -0.2) is 9.78 Å². The molecule has 3 rings (SSSR count). The molecule has 6 nitrogen and oxygen atoms in total. The van der Waals surface area contributed by atoms with E-state index in [-0.39, 0.29) is 10.7 Å². The summed E-state index contributed by atoms with van der Waals surface area (Å²) in [6.45, 7) is 4.48. The van der Waals surface area contributed by atoms with Gasteiger partial charge in [0.25, 0.3) is 0 Å². The van der Waals surface area contributed by atoms with Gasteiger partial charge in [0, 0.05) is 16.5 Å². The summed E-state index contributed by atoms with van der Waals surface area (Å²) in [5, 5.41) is 7.91. The topological polar surface area (TPSA) is 69.0 Å². The lowest BCUT2D eigenvalue weighted by Gasteiger charge is -2.31. The van der Waals surface area contributed by atoms with E-state index in [0.717, 1.165) is 4.68 Å². The fraction of sp³-hybridized carbons (Fsp3) is 0.350. The van der Waals surface area contributed by atoms with Crippen LogP contribution in [-0.2, 0) is 17.3 Å². The lowest BCUT2D eigenvalue weighted by molar-refractivity contribution is 0.0478. The van der Waals surface area contributed by atoms with Crippen LogP contribution in [-0.4, -0.2) is 26.5 Å². The van der Waals surface area contributed by atoms with Crippen molar-refractivity contribution in [3.63, 3.8) is 0 Å². The number of nitrogens with one attached hydrogen (secondary N) is 1. The number of fused-ring (bicyclic) bond motifs is 1. The van der Waals surface area contributed by atoms with Gasteiger partial charge in [0.1, 0.15) is 22.0 Å². The van der Waals surface area contributed by atoms with Gasteiger partial charge in [-0.2, -0.15) is 5.10 Å². The van der Waals surface area contributed by atoms with E-state index < -0.39 is 24.2 Å². The Hall–Kier alpha value is -2.60. The molecule has 2 heterocycles. The van der Waals surface area contributed by atoms with E-state index in [4.69, 9.17) is 20.5 Å². The number of aryl methyl sites for hydroxylation is 1. The van der Waals surface area contributed by atoms with Crippen LogP contribution in [0.3, 0.4) is 0 Å². The van der Waals surface area contributed by atoms with Gasteiger partial charge in [-0.1, -0.05) is 41.9 Å². The zero-order valence-electron chi connectivity index (χ0n) is 18.6. The Balaban J connectivity index is 2.26. The first-order valence-corrected chi connectivity index (χ1v) is 8.81. The largest absolute Gasteiger partial charge is 0.444 e. The van der Waals surface area contributed by atoms with Crippen LogP contribution in [0, 0.1) is 0 Å². The maximum Gasteiger partial charge on any atom is 0.408 e. The highest BCUT2D eigenvalue weighted by atomic mass is 35.5. The van der Waals surface area contributed by atoms with E-state index in [1.807, 2.05) is 30.3 Å². The second kappa shape index (κ2) is 6.85. The average Bonchev–Trinajstić information content (AvgIpc) is 3.00. The molecule has 3 aromatic rings. The second-order valence-electron chi connectivity index (χ2n) is 7.40. The SMILES string of the molecule is [2H]C([2H])([2H])n1nc(C(C)(NC(=O)OC(C)(C)C)c2ccccc2)c2cc(Cl)ncc21. The Labute approximate surface area is 167 Å². The lowest BCUT2D eigenvalue weighted by atomic mass is 9.87. The first kappa shape index (κ1) is 15.5. The van der Waals surface area contributed by atoms with E-state index in [0.29, 0.717) is 16.6 Å². The van der Waals surface area contributed by atoms with Crippen molar-refractivity contribution in [2.75, 3.05) is 0 Å². The molecule has 0 saturated heterocycles. The average molecular weight is 390 g/mol. The molecular formula is C20H23ClN4O2. The Bertz CT molecular complexity index is 1080. The highest BCUT2D eigenvalue weighted by molar-refractivity contribution is 6.30. The second-order valence-corrected chi connectivity index (χ2v) is 7.79. The molecule has 0 spiro atoms. The standard InChI is InChI=1S/C20H23ClN4O2/c1-19(2,3)27-18(26)23-20(4,13-9-7-6-8-10-13)17-14-11-16(21)22-12-15(14)25(5)24-17/h6-12H,1-5H3,(H,23,26)/i5D3. The minimum atomic E-state index is -2.55. The van der Waals surface area contributed by atoms with Crippen LogP contribution in [0.15, 0.2) is 42.6 Å². The third-order valence-corrected chi connectivity index (χ3v) is 4.32. The highest BCUT2D eigenvalue weighted by Gasteiger charge is 2.37. The van der Waals surface area contributed by atoms with E-state index in [1.54, 1.807) is 33.8 Å². The van der Waals surface area contributed by atoms with E-state index in [9.17, 15) is 4.79 Å². The van der Waals surface area contributed by atoms with Crippen molar-refractivity contribution in [2.24, 2.45) is 6.98 Å². The zero-order chi connectivity index (χ0) is 22.3. The number of hydrogen-bond acceptors (Lipinski definition) is 4. The Morgan fingerprint density at radius 3 is 2.59 bits per heavy atom. The molecule has 0 radical (unpaired) electrons.